The third kappa shape index (κ3) is 6.33. The van der Waals surface area contributed by atoms with Crippen LogP contribution >= 0.6 is 0 Å². The number of rotatable bonds is 10. The van der Waals surface area contributed by atoms with Gasteiger partial charge in [-0.25, -0.2) is 4.79 Å². The van der Waals surface area contributed by atoms with Crippen molar-refractivity contribution in [3.05, 3.63) is 29.6 Å². The van der Waals surface area contributed by atoms with Gasteiger partial charge in [0.15, 0.2) is 0 Å². The van der Waals surface area contributed by atoms with Gasteiger partial charge in [0.2, 0.25) is 5.91 Å². The fourth-order valence-corrected chi connectivity index (χ4v) is 2.33. The van der Waals surface area contributed by atoms with Crippen LogP contribution in [0.15, 0.2) is 18.3 Å². The van der Waals surface area contributed by atoms with Crippen molar-refractivity contribution in [1.29, 1.82) is 0 Å². The molecule has 0 atom stereocenters. The molecule has 7 nitrogen and oxygen atoms in total. The van der Waals surface area contributed by atoms with Crippen molar-refractivity contribution < 1.29 is 19.8 Å². The van der Waals surface area contributed by atoms with Crippen molar-refractivity contribution in [3.8, 4) is 0 Å². The summed E-state index contributed by atoms with van der Waals surface area (Å²) in [4.78, 5) is 30.9. The molecule has 0 aliphatic heterocycles. The Bertz CT molecular complexity index is 518. The Balaban J connectivity index is 2.66. The first-order valence-electron chi connectivity index (χ1n) is 7.81. The van der Waals surface area contributed by atoms with Crippen LogP contribution in [0.3, 0.4) is 0 Å². The molecular formula is C16H25N3O4. The van der Waals surface area contributed by atoms with E-state index in [-0.39, 0.29) is 18.1 Å². The van der Waals surface area contributed by atoms with Gasteiger partial charge in [-0.1, -0.05) is 0 Å². The fraction of sp³-hybridized carbons (Fsp3) is 0.562. The van der Waals surface area contributed by atoms with E-state index in [0.29, 0.717) is 44.8 Å². The van der Waals surface area contributed by atoms with Crippen LogP contribution in [0.2, 0.25) is 0 Å². The number of aromatic nitrogens is 1. The Morgan fingerprint density at radius 1 is 1.22 bits per heavy atom. The topological polar surface area (TPSA) is 94.0 Å². The van der Waals surface area contributed by atoms with E-state index in [4.69, 9.17) is 5.11 Å². The zero-order valence-electron chi connectivity index (χ0n) is 13.7. The molecule has 23 heavy (non-hydrogen) atoms. The lowest BCUT2D eigenvalue weighted by Crippen LogP contribution is -2.35. The Labute approximate surface area is 136 Å². The minimum atomic E-state index is -1.00. The minimum absolute atomic E-state index is 0.0297. The molecule has 1 amide bonds. The maximum absolute atomic E-state index is 12.1. The molecule has 0 saturated carbocycles. The van der Waals surface area contributed by atoms with E-state index in [1.165, 1.54) is 18.3 Å². The third-order valence-corrected chi connectivity index (χ3v) is 3.62. The summed E-state index contributed by atoms with van der Waals surface area (Å²) in [6.45, 7) is 6.50. The van der Waals surface area contributed by atoms with E-state index >= 15 is 0 Å². The summed E-state index contributed by atoms with van der Waals surface area (Å²) in [5.74, 6) is -0.927. The molecular weight excluding hydrogens is 298 g/mol. The molecule has 0 aliphatic carbocycles. The van der Waals surface area contributed by atoms with Gasteiger partial charge in [0.05, 0.1) is 17.9 Å². The first-order chi connectivity index (χ1) is 11.0. The van der Waals surface area contributed by atoms with Crippen LogP contribution in [0.5, 0.6) is 0 Å². The normalized spacial score (nSPS) is 10.8. The zero-order valence-corrected chi connectivity index (χ0v) is 13.7. The molecule has 0 radical (unpaired) electrons. The number of aliphatic hydroxyl groups is 1. The molecule has 0 saturated heterocycles. The molecule has 2 N–H and O–H groups in total. The maximum atomic E-state index is 12.1. The van der Waals surface area contributed by atoms with Crippen LogP contribution in [-0.2, 0) is 11.3 Å². The Morgan fingerprint density at radius 2 is 1.91 bits per heavy atom. The number of hydrogen-bond donors (Lipinski definition) is 2. The minimum Gasteiger partial charge on any atom is -0.478 e. The lowest BCUT2D eigenvalue weighted by atomic mass is 10.2. The summed E-state index contributed by atoms with van der Waals surface area (Å²) in [6.07, 6.45) is 1.82. The summed E-state index contributed by atoms with van der Waals surface area (Å²) in [6, 6.07) is 2.95. The predicted molar refractivity (Wildman–Crippen MR) is 86.1 cm³/mol. The maximum Gasteiger partial charge on any atom is 0.335 e. The van der Waals surface area contributed by atoms with E-state index in [0.717, 1.165) is 0 Å². The molecule has 0 aromatic carbocycles. The van der Waals surface area contributed by atoms with Gasteiger partial charge in [0, 0.05) is 45.3 Å². The fourth-order valence-electron chi connectivity index (χ4n) is 2.33. The van der Waals surface area contributed by atoms with Crippen LogP contribution in [0.25, 0.3) is 0 Å². The van der Waals surface area contributed by atoms with E-state index < -0.39 is 5.97 Å². The number of carbonyl (C=O) groups is 2. The molecule has 1 aromatic heterocycles. The number of hydrogen-bond acceptors (Lipinski definition) is 5. The van der Waals surface area contributed by atoms with Crippen LogP contribution < -0.4 is 0 Å². The van der Waals surface area contributed by atoms with Gasteiger partial charge in [0.25, 0.3) is 0 Å². The van der Waals surface area contributed by atoms with Gasteiger partial charge in [-0.3, -0.25) is 14.7 Å². The van der Waals surface area contributed by atoms with Crippen molar-refractivity contribution >= 4 is 11.9 Å². The highest BCUT2D eigenvalue weighted by atomic mass is 16.4. The predicted octanol–water partition coefficient (Wildman–Crippen LogP) is 0.833. The average molecular weight is 323 g/mol. The van der Waals surface area contributed by atoms with E-state index in [1.807, 2.05) is 18.7 Å². The number of pyridine rings is 1. The number of carbonyl (C=O) groups excluding carboxylic acids is 1. The Kier molecular flexibility index (Phi) is 8.21. The molecule has 1 heterocycles. The highest BCUT2D eigenvalue weighted by Gasteiger charge is 2.14. The standard InChI is InChI=1S/C16H25N3O4/c1-3-19(4-2)15(21)6-8-18(9-10-20)12-14-11-13(16(22)23)5-7-17-14/h5,7,11,20H,3-4,6,8-10,12H2,1-2H3,(H,22,23). The monoisotopic (exact) mass is 323 g/mol. The number of amides is 1. The van der Waals surface area contributed by atoms with E-state index in [2.05, 4.69) is 4.98 Å². The second-order valence-corrected chi connectivity index (χ2v) is 5.16. The number of aromatic carboxylic acids is 1. The quantitative estimate of drug-likeness (QED) is 0.662. The Morgan fingerprint density at radius 3 is 2.48 bits per heavy atom. The molecule has 0 fully saturated rings. The smallest absolute Gasteiger partial charge is 0.335 e. The first-order valence-corrected chi connectivity index (χ1v) is 7.81. The molecule has 0 aliphatic rings. The summed E-state index contributed by atoms with van der Waals surface area (Å²) in [5.41, 5.74) is 0.784. The average Bonchev–Trinajstić information content (AvgIpc) is 2.54. The highest BCUT2D eigenvalue weighted by molar-refractivity contribution is 5.87. The van der Waals surface area contributed by atoms with Crippen molar-refractivity contribution in [2.75, 3.05) is 32.8 Å². The van der Waals surface area contributed by atoms with Crippen molar-refractivity contribution in [3.63, 3.8) is 0 Å². The molecule has 0 bridgehead atoms. The van der Waals surface area contributed by atoms with Gasteiger partial charge in [-0.05, 0) is 26.0 Å². The summed E-state index contributed by atoms with van der Waals surface area (Å²) >= 11 is 0. The number of carboxylic acid groups (broad SMARTS) is 1. The molecule has 7 heteroatoms. The number of aliphatic hydroxyl groups excluding tert-OH is 1. The highest BCUT2D eigenvalue weighted by Crippen LogP contribution is 2.07. The van der Waals surface area contributed by atoms with Gasteiger partial charge >= 0.3 is 5.97 Å². The van der Waals surface area contributed by atoms with Crippen LogP contribution in [0, 0.1) is 0 Å². The molecule has 128 valence electrons. The van der Waals surface area contributed by atoms with Crippen molar-refractivity contribution in [1.82, 2.24) is 14.8 Å². The lowest BCUT2D eigenvalue weighted by molar-refractivity contribution is -0.131. The zero-order chi connectivity index (χ0) is 17.2. The van der Waals surface area contributed by atoms with E-state index in [9.17, 15) is 14.7 Å². The SMILES string of the molecule is CCN(CC)C(=O)CCN(CCO)Cc1cc(C(=O)O)ccn1. The van der Waals surface area contributed by atoms with Crippen molar-refractivity contribution in [2.24, 2.45) is 0 Å². The largest absolute Gasteiger partial charge is 0.478 e. The lowest BCUT2D eigenvalue weighted by Gasteiger charge is -2.23. The second-order valence-electron chi connectivity index (χ2n) is 5.16. The summed E-state index contributed by atoms with van der Waals surface area (Å²) < 4.78 is 0. The van der Waals surface area contributed by atoms with Gasteiger partial charge in [0.1, 0.15) is 0 Å². The molecule has 1 rings (SSSR count). The van der Waals surface area contributed by atoms with Gasteiger partial charge in [-0.15, -0.1) is 0 Å². The number of carboxylic acids is 1. The van der Waals surface area contributed by atoms with Crippen LogP contribution in [-0.4, -0.2) is 69.7 Å². The molecule has 1 aromatic rings. The van der Waals surface area contributed by atoms with Crippen LogP contribution in [0.4, 0.5) is 0 Å². The third-order valence-electron chi connectivity index (χ3n) is 3.62. The Hall–Kier alpha value is -1.99. The van der Waals surface area contributed by atoms with Crippen molar-refractivity contribution in [2.45, 2.75) is 26.8 Å². The second kappa shape index (κ2) is 9.91. The van der Waals surface area contributed by atoms with E-state index in [1.54, 1.807) is 4.90 Å². The summed E-state index contributed by atoms with van der Waals surface area (Å²) in [7, 11) is 0. The van der Waals surface area contributed by atoms with Gasteiger partial charge in [-0.2, -0.15) is 0 Å². The van der Waals surface area contributed by atoms with Crippen LogP contribution in [0.1, 0.15) is 36.3 Å². The summed E-state index contributed by atoms with van der Waals surface area (Å²) in [5, 5.41) is 18.2. The molecule has 0 spiro atoms. The van der Waals surface area contributed by atoms with Gasteiger partial charge < -0.3 is 15.1 Å². The number of nitrogens with zero attached hydrogens (tertiary/aromatic N) is 3. The first kappa shape index (κ1) is 19.1. The molecule has 0 unspecified atom stereocenters.